The first-order valence-corrected chi connectivity index (χ1v) is 11.0. The average Bonchev–Trinajstić information content (AvgIpc) is 3.19. The highest BCUT2D eigenvalue weighted by Crippen LogP contribution is 2.26. The SMILES string of the molecule is CN1CCN(C(=O)C2CCCN(C3CCN(C(=O)c4ccnn4C)CC3)C2)CC1. The molecule has 0 saturated carbocycles. The Kier molecular flexibility index (Phi) is 6.20. The van der Waals surface area contributed by atoms with Crippen LogP contribution in [0.15, 0.2) is 12.3 Å². The van der Waals surface area contributed by atoms with E-state index in [0.717, 1.165) is 78.0 Å². The molecule has 0 aromatic carbocycles. The lowest BCUT2D eigenvalue weighted by Gasteiger charge is -2.43. The van der Waals surface area contributed by atoms with E-state index >= 15 is 0 Å². The third-order valence-corrected chi connectivity index (χ3v) is 6.93. The summed E-state index contributed by atoms with van der Waals surface area (Å²) in [6, 6.07) is 2.27. The Labute approximate surface area is 173 Å². The van der Waals surface area contributed by atoms with Gasteiger partial charge in [-0.2, -0.15) is 5.10 Å². The zero-order chi connectivity index (χ0) is 20.4. The van der Waals surface area contributed by atoms with Crippen LogP contribution in [0, 0.1) is 5.92 Å². The summed E-state index contributed by atoms with van der Waals surface area (Å²) in [5.41, 5.74) is 0.652. The maximum atomic E-state index is 13.0. The zero-order valence-electron chi connectivity index (χ0n) is 17.8. The number of piperazine rings is 1. The molecule has 3 aliphatic rings. The number of amides is 2. The van der Waals surface area contributed by atoms with E-state index in [9.17, 15) is 9.59 Å². The summed E-state index contributed by atoms with van der Waals surface area (Å²) in [4.78, 5) is 34.5. The van der Waals surface area contributed by atoms with Crippen LogP contribution in [0.3, 0.4) is 0 Å². The molecule has 0 radical (unpaired) electrons. The molecule has 8 heteroatoms. The number of aromatic nitrogens is 2. The Bertz CT molecular complexity index is 719. The molecular formula is C21H34N6O2. The standard InChI is InChI=1S/C21H34N6O2/c1-23-12-14-26(15-13-23)20(28)17-4-3-9-27(16-17)18-6-10-25(11-7-18)21(29)19-5-8-22-24(19)2/h5,8,17-18H,3-4,6-7,9-16H2,1-2H3. The van der Waals surface area contributed by atoms with E-state index in [1.54, 1.807) is 16.9 Å². The van der Waals surface area contributed by atoms with Gasteiger partial charge in [0.15, 0.2) is 0 Å². The lowest BCUT2D eigenvalue weighted by Crippen LogP contribution is -2.54. The monoisotopic (exact) mass is 402 g/mol. The van der Waals surface area contributed by atoms with Crippen LogP contribution < -0.4 is 0 Å². The Balaban J connectivity index is 1.29. The number of hydrogen-bond acceptors (Lipinski definition) is 5. The van der Waals surface area contributed by atoms with Gasteiger partial charge in [-0.1, -0.05) is 0 Å². The van der Waals surface area contributed by atoms with Gasteiger partial charge in [-0.15, -0.1) is 0 Å². The molecule has 8 nitrogen and oxygen atoms in total. The van der Waals surface area contributed by atoms with Crippen LogP contribution in [0.2, 0.25) is 0 Å². The highest BCUT2D eigenvalue weighted by Gasteiger charge is 2.35. The summed E-state index contributed by atoms with van der Waals surface area (Å²) in [5, 5.41) is 4.11. The largest absolute Gasteiger partial charge is 0.340 e. The highest BCUT2D eigenvalue weighted by atomic mass is 16.2. The summed E-state index contributed by atoms with van der Waals surface area (Å²) >= 11 is 0. The summed E-state index contributed by atoms with van der Waals surface area (Å²) in [6.45, 7) is 7.19. The molecule has 29 heavy (non-hydrogen) atoms. The fraction of sp³-hybridized carbons (Fsp3) is 0.762. The number of likely N-dealkylation sites (N-methyl/N-ethyl adjacent to an activating group) is 1. The van der Waals surface area contributed by atoms with Crippen LogP contribution in [0.4, 0.5) is 0 Å². The molecule has 1 aromatic heterocycles. The van der Waals surface area contributed by atoms with Crippen molar-refractivity contribution in [3.63, 3.8) is 0 Å². The maximum absolute atomic E-state index is 13.0. The quantitative estimate of drug-likeness (QED) is 0.737. The molecule has 1 atom stereocenters. The fourth-order valence-corrected chi connectivity index (χ4v) is 5.00. The lowest BCUT2D eigenvalue weighted by molar-refractivity contribution is -0.139. The first kappa shape index (κ1) is 20.3. The van der Waals surface area contributed by atoms with E-state index in [4.69, 9.17) is 0 Å². The van der Waals surface area contributed by atoms with Crippen LogP contribution in [-0.2, 0) is 11.8 Å². The Hall–Kier alpha value is -1.93. The molecule has 2 amide bonds. The minimum absolute atomic E-state index is 0.0743. The number of carbonyl (C=O) groups excluding carboxylic acids is 2. The van der Waals surface area contributed by atoms with Crippen LogP contribution in [0.1, 0.15) is 36.2 Å². The first-order valence-electron chi connectivity index (χ1n) is 11.0. The Morgan fingerprint density at radius 3 is 2.31 bits per heavy atom. The number of nitrogens with zero attached hydrogens (tertiary/aromatic N) is 6. The molecule has 0 N–H and O–H groups in total. The van der Waals surface area contributed by atoms with Gasteiger partial charge in [-0.05, 0) is 45.3 Å². The van der Waals surface area contributed by atoms with Gasteiger partial charge >= 0.3 is 0 Å². The van der Waals surface area contributed by atoms with Crippen molar-refractivity contribution < 1.29 is 9.59 Å². The molecule has 3 saturated heterocycles. The summed E-state index contributed by atoms with van der Waals surface area (Å²) in [5.74, 6) is 0.568. The topological polar surface area (TPSA) is 64.9 Å². The van der Waals surface area contributed by atoms with Crippen molar-refractivity contribution in [1.29, 1.82) is 0 Å². The molecule has 3 aliphatic heterocycles. The molecular weight excluding hydrogens is 368 g/mol. The van der Waals surface area contributed by atoms with Gasteiger partial charge in [0, 0.05) is 65.1 Å². The van der Waals surface area contributed by atoms with Gasteiger partial charge in [-0.25, -0.2) is 0 Å². The number of piperidine rings is 2. The van der Waals surface area contributed by atoms with Crippen molar-refractivity contribution in [2.75, 3.05) is 59.4 Å². The maximum Gasteiger partial charge on any atom is 0.272 e. The van der Waals surface area contributed by atoms with E-state index in [0.29, 0.717) is 17.6 Å². The third-order valence-electron chi connectivity index (χ3n) is 6.93. The first-order chi connectivity index (χ1) is 14.0. The predicted octanol–water partition coefficient (Wildman–Crippen LogP) is 0.511. The second kappa shape index (κ2) is 8.83. The zero-order valence-corrected chi connectivity index (χ0v) is 17.8. The van der Waals surface area contributed by atoms with Gasteiger partial charge in [0.05, 0.1) is 5.92 Å². The van der Waals surface area contributed by atoms with E-state index in [-0.39, 0.29) is 11.8 Å². The fourth-order valence-electron chi connectivity index (χ4n) is 5.00. The van der Waals surface area contributed by atoms with Crippen LogP contribution >= 0.6 is 0 Å². The smallest absolute Gasteiger partial charge is 0.272 e. The van der Waals surface area contributed by atoms with E-state index in [1.807, 2.05) is 11.9 Å². The molecule has 4 heterocycles. The van der Waals surface area contributed by atoms with Crippen LogP contribution in [0.5, 0.6) is 0 Å². The van der Waals surface area contributed by atoms with Crippen molar-refractivity contribution >= 4 is 11.8 Å². The molecule has 1 unspecified atom stereocenters. The highest BCUT2D eigenvalue weighted by molar-refractivity contribution is 5.92. The summed E-state index contributed by atoms with van der Waals surface area (Å²) < 4.78 is 1.65. The second-order valence-corrected chi connectivity index (χ2v) is 8.83. The number of rotatable bonds is 3. The average molecular weight is 403 g/mol. The summed E-state index contributed by atoms with van der Waals surface area (Å²) in [7, 11) is 3.93. The minimum atomic E-state index is 0.0743. The van der Waals surface area contributed by atoms with E-state index in [1.165, 1.54) is 0 Å². The normalized spacial score (nSPS) is 25.4. The second-order valence-electron chi connectivity index (χ2n) is 8.83. The molecule has 0 spiro atoms. The van der Waals surface area contributed by atoms with E-state index < -0.39 is 0 Å². The Morgan fingerprint density at radius 2 is 1.66 bits per heavy atom. The number of aryl methyl sites for hydroxylation is 1. The van der Waals surface area contributed by atoms with Gasteiger partial charge in [0.1, 0.15) is 5.69 Å². The van der Waals surface area contributed by atoms with Crippen molar-refractivity contribution in [1.82, 2.24) is 29.4 Å². The lowest BCUT2D eigenvalue weighted by atomic mass is 9.92. The Morgan fingerprint density at radius 1 is 0.931 bits per heavy atom. The van der Waals surface area contributed by atoms with Gasteiger partial charge in [0.25, 0.3) is 5.91 Å². The van der Waals surface area contributed by atoms with Crippen molar-refractivity contribution in [2.45, 2.75) is 31.7 Å². The minimum Gasteiger partial charge on any atom is -0.340 e. The van der Waals surface area contributed by atoms with Gasteiger partial charge in [0.2, 0.25) is 5.91 Å². The third kappa shape index (κ3) is 4.48. The van der Waals surface area contributed by atoms with Crippen LogP contribution in [-0.4, -0.2) is 107 Å². The molecule has 0 aliphatic carbocycles. The number of hydrogen-bond donors (Lipinski definition) is 0. The molecule has 160 valence electrons. The summed E-state index contributed by atoms with van der Waals surface area (Å²) in [6.07, 6.45) is 5.75. The molecule has 3 fully saturated rings. The van der Waals surface area contributed by atoms with Crippen molar-refractivity contribution in [3.05, 3.63) is 18.0 Å². The van der Waals surface area contributed by atoms with Gasteiger partial charge in [-0.3, -0.25) is 19.2 Å². The number of likely N-dealkylation sites (tertiary alicyclic amines) is 2. The van der Waals surface area contributed by atoms with E-state index in [2.05, 4.69) is 26.8 Å². The van der Waals surface area contributed by atoms with Crippen molar-refractivity contribution in [3.8, 4) is 0 Å². The molecule has 4 rings (SSSR count). The number of carbonyl (C=O) groups is 2. The molecule has 1 aromatic rings. The van der Waals surface area contributed by atoms with Crippen LogP contribution in [0.25, 0.3) is 0 Å². The predicted molar refractivity (Wildman–Crippen MR) is 111 cm³/mol. The molecule has 0 bridgehead atoms. The van der Waals surface area contributed by atoms with Gasteiger partial charge < -0.3 is 14.7 Å². The van der Waals surface area contributed by atoms with Crippen molar-refractivity contribution in [2.24, 2.45) is 13.0 Å².